The Hall–Kier alpha value is -0.0800. The van der Waals surface area contributed by atoms with E-state index in [0.29, 0.717) is 5.41 Å². The Bertz CT molecular complexity index is 152. The average molecular weight is 212 g/mol. The molecule has 1 saturated carbocycles. The van der Waals surface area contributed by atoms with Gasteiger partial charge in [-0.15, -0.1) is 0 Å². The summed E-state index contributed by atoms with van der Waals surface area (Å²) < 4.78 is 0. The minimum Gasteiger partial charge on any atom is -0.330 e. The number of hydrogen-bond donors (Lipinski definition) is 2. The predicted octanol–water partition coefficient (Wildman–Crippen LogP) is 2.53. The standard InChI is InChI=1S/C13H28N2/c1-3-13(4-2,10-14)11-15-9-8-12-6-5-7-12/h12,15H,3-11,14H2,1-2H3. The second-order valence-corrected chi connectivity index (χ2v) is 5.17. The molecule has 0 unspecified atom stereocenters. The summed E-state index contributed by atoms with van der Waals surface area (Å²) in [6.45, 7) is 7.61. The van der Waals surface area contributed by atoms with Gasteiger partial charge in [0.2, 0.25) is 0 Å². The fraction of sp³-hybridized carbons (Fsp3) is 1.00. The minimum atomic E-state index is 0.347. The van der Waals surface area contributed by atoms with Crippen LogP contribution in [-0.4, -0.2) is 19.6 Å². The van der Waals surface area contributed by atoms with Crippen LogP contribution in [-0.2, 0) is 0 Å². The van der Waals surface area contributed by atoms with E-state index in [-0.39, 0.29) is 0 Å². The Balaban J connectivity index is 2.09. The van der Waals surface area contributed by atoms with Crippen LogP contribution < -0.4 is 11.1 Å². The Morgan fingerprint density at radius 1 is 1.27 bits per heavy atom. The van der Waals surface area contributed by atoms with Crippen LogP contribution in [0.3, 0.4) is 0 Å². The monoisotopic (exact) mass is 212 g/mol. The second-order valence-electron chi connectivity index (χ2n) is 5.17. The zero-order valence-corrected chi connectivity index (χ0v) is 10.5. The van der Waals surface area contributed by atoms with Gasteiger partial charge in [0.1, 0.15) is 0 Å². The van der Waals surface area contributed by atoms with E-state index in [1.165, 1.54) is 45.1 Å². The largest absolute Gasteiger partial charge is 0.330 e. The van der Waals surface area contributed by atoms with E-state index in [1.54, 1.807) is 0 Å². The quantitative estimate of drug-likeness (QED) is 0.607. The highest BCUT2D eigenvalue weighted by molar-refractivity contribution is 4.80. The highest BCUT2D eigenvalue weighted by Crippen LogP contribution is 2.29. The molecule has 0 aliphatic heterocycles. The van der Waals surface area contributed by atoms with Crippen LogP contribution in [0.15, 0.2) is 0 Å². The molecule has 0 atom stereocenters. The van der Waals surface area contributed by atoms with Crippen molar-refractivity contribution in [3.05, 3.63) is 0 Å². The third kappa shape index (κ3) is 3.76. The molecular formula is C13H28N2. The Morgan fingerprint density at radius 3 is 2.33 bits per heavy atom. The maximum absolute atomic E-state index is 5.87. The molecule has 90 valence electrons. The average Bonchev–Trinajstić information content (AvgIpc) is 2.22. The number of hydrogen-bond acceptors (Lipinski definition) is 2. The van der Waals surface area contributed by atoms with Crippen molar-refractivity contribution in [2.75, 3.05) is 19.6 Å². The van der Waals surface area contributed by atoms with Crippen molar-refractivity contribution in [3.63, 3.8) is 0 Å². The number of nitrogens with two attached hydrogens (primary N) is 1. The van der Waals surface area contributed by atoms with Crippen LogP contribution in [0.4, 0.5) is 0 Å². The molecule has 0 amide bonds. The lowest BCUT2D eigenvalue weighted by Gasteiger charge is -2.31. The molecule has 0 heterocycles. The lowest BCUT2D eigenvalue weighted by molar-refractivity contribution is 0.244. The van der Waals surface area contributed by atoms with E-state index in [0.717, 1.165) is 19.0 Å². The highest BCUT2D eigenvalue weighted by atomic mass is 14.9. The van der Waals surface area contributed by atoms with Gasteiger partial charge < -0.3 is 11.1 Å². The molecule has 2 heteroatoms. The molecule has 15 heavy (non-hydrogen) atoms. The first-order valence-electron chi connectivity index (χ1n) is 6.67. The van der Waals surface area contributed by atoms with Crippen LogP contribution in [0.5, 0.6) is 0 Å². The first kappa shape index (κ1) is 13.0. The molecule has 0 spiro atoms. The molecule has 1 rings (SSSR count). The summed E-state index contributed by atoms with van der Waals surface area (Å²) >= 11 is 0. The van der Waals surface area contributed by atoms with Gasteiger partial charge in [-0.05, 0) is 43.7 Å². The van der Waals surface area contributed by atoms with Gasteiger partial charge in [0.15, 0.2) is 0 Å². The maximum atomic E-state index is 5.87. The van der Waals surface area contributed by atoms with Crippen molar-refractivity contribution in [3.8, 4) is 0 Å². The molecule has 0 radical (unpaired) electrons. The smallest absolute Gasteiger partial charge is 0.00197 e. The van der Waals surface area contributed by atoms with Crippen LogP contribution in [0, 0.1) is 11.3 Å². The minimum absolute atomic E-state index is 0.347. The Kier molecular flexibility index (Phi) is 5.62. The van der Waals surface area contributed by atoms with Gasteiger partial charge in [-0.25, -0.2) is 0 Å². The summed E-state index contributed by atoms with van der Waals surface area (Å²) in [5.41, 5.74) is 6.22. The normalized spacial score (nSPS) is 17.8. The van der Waals surface area contributed by atoms with E-state index in [2.05, 4.69) is 19.2 Å². The van der Waals surface area contributed by atoms with E-state index in [9.17, 15) is 0 Å². The van der Waals surface area contributed by atoms with Crippen molar-refractivity contribution < 1.29 is 0 Å². The van der Waals surface area contributed by atoms with E-state index < -0.39 is 0 Å². The molecule has 0 saturated heterocycles. The van der Waals surface area contributed by atoms with Crippen molar-refractivity contribution >= 4 is 0 Å². The molecule has 3 N–H and O–H groups in total. The van der Waals surface area contributed by atoms with E-state index in [4.69, 9.17) is 5.73 Å². The number of rotatable bonds is 8. The zero-order valence-electron chi connectivity index (χ0n) is 10.5. The predicted molar refractivity (Wildman–Crippen MR) is 66.9 cm³/mol. The summed E-state index contributed by atoms with van der Waals surface area (Å²) in [5.74, 6) is 1.02. The van der Waals surface area contributed by atoms with Gasteiger partial charge >= 0.3 is 0 Å². The van der Waals surface area contributed by atoms with Crippen molar-refractivity contribution in [2.24, 2.45) is 17.1 Å². The SMILES string of the molecule is CCC(CC)(CN)CNCCC1CCC1. The van der Waals surface area contributed by atoms with Crippen molar-refractivity contribution in [1.82, 2.24) is 5.32 Å². The van der Waals surface area contributed by atoms with E-state index >= 15 is 0 Å². The molecule has 2 nitrogen and oxygen atoms in total. The molecule has 0 aromatic rings. The Labute approximate surface area is 95.0 Å². The molecule has 0 aromatic carbocycles. The van der Waals surface area contributed by atoms with Crippen molar-refractivity contribution in [1.29, 1.82) is 0 Å². The fourth-order valence-electron chi connectivity index (χ4n) is 2.30. The highest BCUT2D eigenvalue weighted by Gasteiger charge is 2.24. The molecular weight excluding hydrogens is 184 g/mol. The first-order valence-corrected chi connectivity index (χ1v) is 6.67. The lowest BCUT2D eigenvalue weighted by atomic mass is 9.81. The molecule has 1 aliphatic carbocycles. The summed E-state index contributed by atoms with van der Waals surface area (Å²) in [7, 11) is 0. The number of nitrogens with one attached hydrogen (secondary N) is 1. The lowest BCUT2D eigenvalue weighted by Crippen LogP contribution is -2.40. The first-order chi connectivity index (χ1) is 7.26. The maximum Gasteiger partial charge on any atom is 0.00197 e. The van der Waals surface area contributed by atoms with Crippen LogP contribution in [0.25, 0.3) is 0 Å². The van der Waals surface area contributed by atoms with Gasteiger partial charge in [0.25, 0.3) is 0 Å². The van der Waals surface area contributed by atoms with Crippen LogP contribution in [0.1, 0.15) is 52.4 Å². The molecule has 0 aromatic heterocycles. The van der Waals surface area contributed by atoms with Gasteiger partial charge in [-0.2, -0.15) is 0 Å². The third-order valence-corrected chi connectivity index (χ3v) is 4.39. The van der Waals surface area contributed by atoms with Crippen LogP contribution >= 0.6 is 0 Å². The molecule has 1 aliphatic rings. The van der Waals surface area contributed by atoms with Gasteiger partial charge in [0, 0.05) is 6.54 Å². The van der Waals surface area contributed by atoms with Gasteiger partial charge in [-0.3, -0.25) is 0 Å². The summed E-state index contributed by atoms with van der Waals surface area (Å²) in [6, 6.07) is 0. The molecule has 0 bridgehead atoms. The summed E-state index contributed by atoms with van der Waals surface area (Å²) in [6.07, 6.45) is 8.14. The van der Waals surface area contributed by atoms with Crippen LogP contribution in [0.2, 0.25) is 0 Å². The van der Waals surface area contributed by atoms with E-state index in [1.807, 2.05) is 0 Å². The summed E-state index contributed by atoms with van der Waals surface area (Å²) in [4.78, 5) is 0. The van der Waals surface area contributed by atoms with Gasteiger partial charge in [0.05, 0.1) is 0 Å². The third-order valence-electron chi connectivity index (χ3n) is 4.39. The Morgan fingerprint density at radius 2 is 1.93 bits per heavy atom. The fourth-order valence-corrected chi connectivity index (χ4v) is 2.30. The van der Waals surface area contributed by atoms with Gasteiger partial charge in [-0.1, -0.05) is 33.1 Å². The topological polar surface area (TPSA) is 38.0 Å². The second kappa shape index (κ2) is 6.49. The van der Waals surface area contributed by atoms with Crippen molar-refractivity contribution in [2.45, 2.75) is 52.4 Å². The summed E-state index contributed by atoms with van der Waals surface area (Å²) in [5, 5.41) is 3.60. The molecule has 1 fully saturated rings. The zero-order chi connectivity index (χ0) is 11.1.